The maximum atomic E-state index is 13.0. The Kier molecular flexibility index (Phi) is 4.74. The van der Waals surface area contributed by atoms with Crippen LogP contribution in [-0.2, 0) is 21.2 Å². The van der Waals surface area contributed by atoms with Gasteiger partial charge < -0.3 is 4.90 Å². The number of nitrogens with zero attached hydrogens (tertiary/aromatic N) is 2. The SMILES string of the molecule is Cc1ccccc1CN1CC(=O)N(c2ccc(Cl)cc2)[C@@H]2CS(=O)(=O)C[C@@H]21. The summed E-state index contributed by atoms with van der Waals surface area (Å²) in [5, 5.41) is 0.583. The van der Waals surface area contributed by atoms with E-state index in [-0.39, 0.29) is 36.0 Å². The topological polar surface area (TPSA) is 57.7 Å². The molecule has 4 rings (SSSR count). The maximum absolute atomic E-state index is 13.0. The van der Waals surface area contributed by atoms with E-state index in [1.165, 1.54) is 0 Å². The van der Waals surface area contributed by atoms with Crippen molar-refractivity contribution in [3.63, 3.8) is 0 Å². The van der Waals surface area contributed by atoms with Crippen molar-refractivity contribution in [2.24, 2.45) is 0 Å². The van der Waals surface area contributed by atoms with Crippen LogP contribution in [0.3, 0.4) is 0 Å². The van der Waals surface area contributed by atoms with Gasteiger partial charge in [-0.2, -0.15) is 0 Å². The van der Waals surface area contributed by atoms with Crippen molar-refractivity contribution in [2.75, 3.05) is 23.0 Å². The van der Waals surface area contributed by atoms with E-state index in [1.54, 1.807) is 29.2 Å². The predicted octanol–water partition coefficient (Wildman–Crippen LogP) is 2.66. The Hall–Kier alpha value is -1.89. The summed E-state index contributed by atoms with van der Waals surface area (Å²) in [5.74, 6) is 0.00119. The molecule has 142 valence electrons. The van der Waals surface area contributed by atoms with E-state index in [4.69, 9.17) is 11.6 Å². The number of aryl methyl sites for hydroxylation is 1. The van der Waals surface area contributed by atoms with E-state index in [9.17, 15) is 13.2 Å². The largest absolute Gasteiger partial charge is 0.306 e. The summed E-state index contributed by atoms with van der Waals surface area (Å²) in [7, 11) is -3.20. The Bertz CT molecular complexity index is 975. The lowest BCUT2D eigenvalue weighted by atomic mass is 10.0. The number of hydrogen-bond acceptors (Lipinski definition) is 4. The number of fused-ring (bicyclic) bond motifs is 1. The van der Waals surface area contributed by atoms with Crippen molar-refractivity contribution < 1.29 is 13.2 Å². The molecule has 1 amide bonds. The molecule has 5 nitrogen and oxygen atoms in total. The maximum Gasteiger partial charge on any atom is 0.241 e. The van der Waals surface area contributed by atoms with Gasteiger partial charge >= 0.3 is 0 Å². The molecule has 0 aliphatic carbocycles. The predicted molar refractivity (Wildman–Crippen MR) is 107 cm³/mol. The van der Waals surface area contributed by atoms with E-state index < -0.39 is 9.84 Å². The molecule has 2 saturated heterocycles. The average Bonchev–Trinajstić information content (AvgIpc) is 2.93. The smallest absolute Gasteiger partial charge is 0.241 e. The zero-order chi connectivity index (χ0) is 19.2. The molecule has 0 bridgehead atoms. The number of anilines is 1. The number of benzene rings is 2. The molecule has 2 heterocycles. The van der Waals surface area contributed by atoms with E-state index in [0.717, 1.165) is 11.1 Å². The second kappa shape index (κ2) is 6.93. The number of carbonyl (C=O) groups excluding carboxylic acids is 1. The number of rotatable bonds is 3. The number of piperazine rings is 1. The first-order chi connectivity index (χ1) is 12.8. The molecule has 7 heteroatoms. The number of amides is 1. The summed E-state index contributed by atoms with van der Waals surface area (Å²) < 4.78 is 24.8. The second-order valence-electron chi connectivity index (χ2n) is 7.28. The summed E-state index contributed by atoms with van der Waals surface area (Å²) in [6.07, 6.45) is 0. The third kappa shape index (κ3) is 3.61. The number of hydrogen-bond donors (Lipinski definition) is 0. The average molecular weight is 405 g/mol. The molecular weight excluding hydrogens is 384 g/mol. The van der Waals surface area contributed by atoms with Crippen LogP contribution in [0.25, 0.3) is 0 Å². The molecule has 0 unspecified atom stereocenters. The van der Waals surface area contributed by atoms with Gasteiger partial charge in [0.15, 0.2) is 9.84 Å². The first-order valence-corrected chi connectivity index (χ1v) is 11.1. The Morgan fingerprint density at radius 1 is 1.04 bits per heavy atom. The van der Waals surface area contributed by atoms with E-state index >= 15 is 0 Å². The Morgan fingerprint density at radius 2 is 1.70 bits per heavy atom. The molecule has 0 N–H and O–H groups in total. The van der Waals surface area contributed by atoms with Gasteiger partial charge in [-0.3, -0.25) is 9.69 Å². The van der Waals surface area contributed by atoms with Gasteiger partial charge in [-0.05, 0) is 42.3 Å². The highest BCUT2D eigenvalue weighted by atomic mass is 35.5. The lowest BCUT2D eigenvalue weighted by Crippen LogP contribution is -2.61. The standard InChI is InChI=1S/C20H21ClN2O3S/c1-14-4-2-3-5-15(14)10-22-11-20(24)23(17-8-6-16(21)7-9-17)19-13-27(25,26)12-18(19)22/h2-9,18-19H,10-13H2,1H3/t18-,19+/m0/s1. The van der Waals surface area contributed by atoms with Crippen LogP contribution in [0.5, 0.6) is 0 Å². The molecule has 0 aromatic heterocycles. The van der Waals surface area contributed by atoms with Gasteiger partial charge in [0.2, 0.25) is 5.91 Å². The fourth-order valence-corrected chi connectivity index (χ4v) is 6.18. The number of carbonyl (C=O) groups is 1. The van der Waals surface area contributed by atoms with Crippen LogP contribution in [0.2, 0.25) is 5.02 Å². The molecule has 2 fully saturated rings. The van der Waals surface area contributed by atoms with Crippen LogP contribution in [0.4, 0.5) is 5.69 Å². The minimum Gasteiger partial charge on any atom is -0.306 e. The third-order valence-corrected chi connectivity index (χ3v) is 7.39. The highest BCUT2D eigenvalue weighted by molar-refractivity contribution is 7.91. The molecule has 0 radical (unpaired) electrons. The van der Waals surface area contributed by atoms with Crippen molar-refractivity contribution in [1.82, 2.24) is 4.90 Å². The minimum absolute atomic E-state index is 0.00367. The lowest BCUT2D eigenvalue weighted by Gasteiger charge is -2.43. The molecule has 2 atom stereocenters. The minimum atomic E-state index is -3.20. The highest BCUT2D eigenvalue weighted by Gasteiger charge is 2.49. The summed E-state index contributed by atoms with van der Waals surface area (Å²) in [6, 6.07) is 14.4. The van der Waals surface area contributed by atoms with Gasteiger partial charge in [0.1, 0.15) is 0 Å². The van der Waals surface area contributed by atoms with Crippen LogP contribution in [0, 0.1) is 6.92 Å². The molecule has 27 heavy (non-hydrogen) atoms. The van der Waals surface area contributed by atoms with Crippen LogP contribution < -0.4 is 4.90 Å². The van der Waals surface area contributed by atoms with Crippen molar-refractivity contribution in [1.29, 1.82) is 0 Å². The number of sulfone groups is 1. The highest BCUT2D eigenvalue weighted by Crippen LogP contribution is 2.33. The summed E-state index contributed by atoms with van der Waals surface area (Å²) in [4.78, 5) is 16.6. The monoisotopic (exact) mass is 404 g/mol. The van der Waals surface area contributed by atoms with E-state index in [1.807, 2.05) is 36.1 Å². The fourth-order valence-electron chi connectivity index (χ4n) is 4.07. The van der Waals surface area contributed by atoms with E-state index in [2.05, 4.69) is 0 Å². The molecule has 2 aromatic carbocycles. The van der Waals surface area contributed by atoms with Gasteiger partial charge in [0.05, 0.1) is 24.1 Å². The third-order valence-electron chi connectivity index (χ3n) is 5.44. The normalized spacial score (nSPS) is 24.8. The Balaban J connectivity index is 1.68. The van der Waals surface area contributed by atoms with Crippen LogP contribution >= 0.6 is 11.6 Å². The van der Waals surface area contributed by atoms with Gasteiger partial charge in [-0.1, -0.05) is 35.9 Å². The zero-order valence-corrected chi connectivity index (χ0v) is 16.6. The van der Waals surface area contributed by atoms with Crippen LogP contribution in [-0.4, -0.2) is 49.4 Å². The molecule has 2 aliphatic heterocycles. The Labute approximate surface area is 164 Å². The first kappa shape index (κ1) is 18.5. The summed E-state index contributed by atoms with van der Waals surface area (Å²) in [5.41, 5.74) is 2.96. The molecule has 0 saturated carbocycles. The molecular formula is C20H21ClN2O3S. The quantitative estimate of drug-likeness (QED) is 0.789. The summed E-state index contributed by atoms with van der Waals surface area (Å²) in [6.45, 7) is 2.81. The van der Waals surface area contributed by atoms with Gasteiger partial charge in [0, 0.05) is 23.3 Å². The van der Waals surface area contributed by atoms with Crippen LogP contribution in [0.1, 0.15) is 11.1 Å². The zero-order valence-electron chi connectivity index (χ0n) is 15.0. The van der Waals surface area contributed by atoms with Gasteiger partial charge in [0.25, 0.3) is 0 Å². The lowest BCUT2D eigenvalue weighted by molar-refractivity contribution is -0.123. The summed E-state index contributed by atoms with van der Waals surface area (Å²) >= 11 is 5.96. The van der Waals surface area contributed by atoms with Gasteiger partial charge in [-0.25, -0.2) is 8.42 Å². The second-order valence-corrected chi connectivity index (χ2v) is 9.87. The molecule has 0 spiro atoms. The first-order valence-electron chi connectivity index (χ1n) is 8.91. The fraction of sp³-hybridized carbons (Fsp3) is 0.350. The van der Waals surface area contributed by atoms with Crippen molar-refractivity contribution in [3.05, 3.63) is 64.7 Å². The van der Waals surface area contributed by atoms with Crippen molar-refractivity contribution in [2.45, 2.75) is 25.6 Å². The number of halogens is 1. The molecule has 2 aromatic rings. The van der Waals surface area contributed by atoms with Crippen molar-refractivity contribution >= 4 is 33.0 Å². The van der Waals surface area contributed by atoms with E-state index in [0.29, 0.717) is 17.3 Å². The molecule has 2 aliphatic rings. The van der Waals surface area contributed by atoms with Crippen molar-refractivity contribution in [3.8, 4) is 0 Å². The van der Waals surface area contributed by atoms with Crippen LogP contribution in [0.15, 0.2) is 48.5 Å². The van der Waals surface area contributed by atoms with Gasteiger partial charge in [-0.15, -0.1) is 0 Å². The Morgan fingerprint density at radius 3 is 2.41 bits per heavy atom.